The summed E-state index contributed by atoms with van der Waals surface area (Å²) in [5.74, 6) is -1.25. The van der Waals surface area contributed by atoms with E-state index in [2.05, 4.69) is 21.2 Å². The molecule has 1 heterocycles. The zero-order valence-electron chi connectivity index (χ0n) is 11.8. The van der Waals surface area contributed by atoms with Gasteiger partial charge >= 0.3 is 0 Å². The van der Waals surface area contributed by atoms with Crippen LogP contribution < -0.4 is 5.32 Å². The molecule has 0 aliphatic carbocycles. The molecule has 0 bridgehead atoms. The van der Waals surface area contributed by atoms with Gasteiger partial charge in [0.15, 0.2) is 0 Å². The smallest absolute Gasteiger partial charge is 0.257 e. The summed E-state index contributed by atoms with van der Waals surface area (Å²) in [6.07, 6.45) is 0. The molecule has 6 heteroatoms. The number of benzene rings is 1. The number of aryl methyl sites for hydroxylation is 2. The van der Waals surface area contributed by atoms with Crippen LogP contribution in [0.1, 0.15) is 40.4 Å². The predicted octanol–water partition coefficient (Wildman–Crippen LogP) is 4.43. The molecule has 21 heavy (non-hydrogen) atoms. The first-order valence-corrected chi connectivity index (χ1v) is 7.11. The summed E-state index contributed by atoms with van der Waals surface area (Å²) in [6, 6.07) is 3.47. The van der Waals surface area contributed by atoms with Gasteiger partial charge in [0.05, 0.1) is 6.04 Å². The lowest BCUT2D eigenvalue weighted by Crippen LogP contribution is -2.28. The summed E-state index contributed by atoms with van der Waals surface area (Å²) in [4.78, 5) is 12.1. The van der Waals surface area contributed by atoms with Crippen molar-refractivity contribution in [2.75, 3.05) is 0 Å². The summed E-state index contributed by atoms with van der Waals surface area (Å²) in [6.45, 7) is 5.29. The van der Waals surface area contributed by atoms with Crippen LogP contribution in [0.25, 0.3) is 0 Å². The van der Waals surface area contributed by atoms with Crippen LogP contribution in [-0.2, 0) is 0 Å². The maximum atomic E-state index is 13.7. The van der Waals surface area contributed by atoms with Crippen LogP contribution in [0, 0.1) is 25.5 Å². The lowest BCUT2D eigenvalue weighted by atomic mass is 10.1. The van der Waals surface area contributed by atoms with Crippen molar-refractivity contribution in [2.24, 2.45) is 0 Å². The fourth-order valence-electron chi connectivity index (χ4n) is 2.19. The van der Waals surface area contributed by atoms with E-state index in [9.17, 15) is 13.6 Å². The molecule has 1 atom stereocenters. The highest BCUT2D eigenvalue weighted by atomic mass is 79.9. The second-order valence-electron chi connectivity index (χ2n) is 4.81. The molecular weight excluding hydrogens is 344 g/mol. The molecular formula is C15H14BrF2NO2. The third-order valence-electron chi connectivity index (χ3n) is 3.13. The molecule has 1 unspecified atom stereocenters. The second kappa shape index (κ2) is 5.97. The number of halogens is 3. The molecule has 1 amide bonds. The van der Waals surface area contributed by atoms with Gasteiger partial charge < -0.3 is 9.73 Å². The normalized spacial score (nSPS) is 12.3. The van der Waals surface area contributed by atoms with Gasteiger partial charge in [-0.25, -0.2) is 8.78 Å². The van der Waals surface area contributed by atoms with Crippen LogP contribution in [0.5, 0.6) is 0 Å². The highest BCUT2D eigenvalue weighted by Crippen LogP contribution is 2.23. The van der Waals surface area contributed by atoms with E-state index in [1.807, 2.05) is 0 Å². The zero-order chi connectivity index (χ0) is 15.7. The van der Waals surface area contributed by atoms with Gasteiger partial charge in [-0.05, 0) is 39.0 Å². The topological polar surface area (TPSA) is 42.2 Å². The summed E-state index contributed by atoms with van der Waals surface area (Å²) < 4.78 is 33.1. The van der Waals surface area contributed by atoms with Gasteiger partial charge in [-0.1, -0.05) is 15.9 Å². The summed E-state index contributed by atoms with van der Waals surface area (Å²) in [7, 11) is 0. The third-order valence-corrected chi connectivity index (χ3v) is 3.59. The molecule has 112 valence electrons. The SMILES string of the molecule is Cc1cc(C(C)NC(=O)c2c(F)cc(Br)cc2F)c(C)o1. The number of carbonyl (C=O) groups excluding carboxylic acids is 1. The third kappa shape index (κ3) is 3.32. The van der Waals surface area contributed by atoms with Crippen LogP contribution in [0.3, 0.4) is 0 Å². The number of amides is 1. The van der Waals surface area contributed by atoms with Crippen molar-refractivity contribution in [3.8, 4) is 0 Å². The Morgan fingerprint density at radius 3 is 2.29 bits per heavy atom. The summed E-state index contributed by atoms with van der Waals surface area (Å²) in [5.41, 5.74) is 0.182. The molecule has 2 aromatic rings. The Bertz CT molecular complexity index is 674. The molecule has 0 aliphatic rings. The minimum atomic E-state index is -0.910. The number of furan rings is 1. The molecule has 1 N–H and O–H groups in total. The fraction of sp³-hybridized carbons (Fsp3) is 0.267. The number of carbonyl (C=O) groups is 1. The van der Waals surface area contributed by atoms with Crippen molar-refractivity contribution in [2.45, 2.75) is 26.8 Å². The summed E-state index contributed by atoms with van der Waals surface area (Å²) in [5, 5.41) is 2.57. The average molecular weight is 358 g/mol. The Morgan fingerprint density at radius 2 is 1.81 bits per heavy atom. The van der Waals surface area contributed by atoms with E-state index < -0.39 is 29.1 Å². The van der Waals surface area contributed by atoms with E-state index in [-0.39, 0.29) is 4.47 Å². The Morgan fingerprint density at radius 1 is 1.24 bits per heavy atom. The highest BCUT2D eigenvalue weighted by Gasteiger charge is 2.21. The molecule has 0 aliphatic heterocycles. The quantitative estimate of drug-likeness (QED) is 0.882. The molecule has 3 nitrogen and oxygen atoms in total. The van der Waals surface area contributed by atoms with Gasteiger partial charge in [0.25, 0.3) is 5.91 Å². The Balaban J connectivity index is 2.24. The van der Waals surface area contributed by atoms with E-state index in [1.165, 1.54) is 0 Å². The van der Waals surface area contributed by atoms with Crippen molar-refractivity contribution in [1.29, 1.82) is 0 Å². The van der Waals surface area contributed by atoms with E-state index >= 15 is 0 Å². The lowest BCUT2D eigenvalue weighted by Gasteiger charge is -2.14. The Kier molecular flexibility index (Phi) is 4.46. The number of hydrogen-bond acceptors (Lipinski definition) is 2. The first kappa shape index (κ1) is 15.7. The molecule has 1 aromatic carbocycles. The summed E-state index contributed by atoms with van der Waals surface area (Å²) >= 11 is 2.97. The van der Waals surface area contributed by atoms with Gasteiger partial charge in [-0.15, -0.1) is 0 Å². The standard InChI is InChI=1S/C15H14BrF2NO2/c1-7-4-11(9(3)21-7)8(2)19-15(20)14-12(17)5-10(16)6-13(14)18/h4-6,8H,1-3H3,(H,19,20). The number of rotatable bonds is 3. The first-order chi connectivity index (χ1) is 9.79. The number of nitrogens with one attached hydrogen (secondary N) is 1. The molecule has 2 rings (SSSR count). The Hall–Kier alpha value is -1.69. The molecule has 0 saturated heterocycles. The van der Waals surface area contributed by atoms with Crippen molar-refractivity contribution in [1.82, 2.24) is 5.32 Å². The second-order valence-corrected chi connectivity index (χ2v) is 5.72. The Labute approximate surface area is 129 Å². The van der Waals surface area contributed by atoms with Gasteiger partial charge in [-0.3, -0.25) is 4.79 Å². The van der Waals surface area contributed by atoms with E-state index in [4.69, 9.17) is 4.42 Å². The molecule has 1 aromatic heterocycles. The molecule has 0 spiro atoms. The van der Waals surface area contributed by atoms with Crippen molar-refractivity contribution in [3.05, 3.63) is 57.0 Å². The van der Waals surface area contributed by atoms with Crippen LogP contribution in [0.15, 0.2) is 27.1 Å². The van der Waals surface area contributed by atoms with Crippen molar-refractivity contribution < 1.29 is 18.0 Å². The fourth-order valence-corrected chi connectivity index (χ4v) is 2.59. The van der Waals surface area contributed by atoms with Gasteiger partial charge in [-0.2, -0.15) is 0 Å². The van der Waals surface area contributed by atoms with Gasteiger partial charge in [0, 0.05) is 10.0 Å². The maximum Gasteiger partial charge on any atom is 0.257 e. The van der Waals surface area contributed by atoms with Crippen molar-refractivity contribution >= 4 is 21.8 Å². The van der Waals surface area contributed by atoms with Gasteiger partial charge in [0.1, 0.15) is 28.7 Å². The van der Waals surface area contributed by atoms with E-state index in [1.54, 1.807) is 26.8 Å². The lowest BCUT2D eigenvalue weighted by molar-refractivity contribution is 0.0931. The van der Waals surface area contributed by atoms with Crippen LogP contribution in [-0.4, -0.2) is 5.91 Å². The van der Waals surface area contributed by atoms with Crippen LogP contribution in [0.4, 0.5) is 8.78 Å². The highest BCUT2D eigenvalue weighted by molar-refractivity contribution is 9.10. The first-order valence-electron chi connectivity index (χ1n) is 6.32. The predicted molar refractivity (Wildman–Crippen MR) is 78.1 cm³/mol. The van der Waals surface area contributed by atoms with Crippen molar-refractivity contribution in [3.63, 3.8) is 0 Å². The molecule has 0 saturated carbocycles. The average Bonchev–Trinajstić information content (AvgIpc) is 2.66. The largest absolute Gasteiger partial charge is 0.466 e. The van der Waals surface area contributed by atoms with Crippen LogP contribution in [0.2, 0.25) is 0 Å². The number of hydrogen-bond donors (Lipinski definition) is 1. The zero-order valence-corrected chi connectivity index (χ0v) is 13.3. The van der Waals surface area contributed by atoms with E-state index in [0.29, 0.717) is 11.5 Å². The monoisotopic (exact) mass is 357 g/mol. The van der Waals surface area contributed by atoms with Gasteiger partial charge in [0.2, 0.25) is 0 Å². The molecule has 0 fully saturated rings. The van der Waals surface area contributed by atoms with Crippen LogP contribution >= 0.6 is 15.9 Å². The minimum Gasteiger partial charge on any atom is -0.466 e. The minimum absolute atomic E-state index is 0.239. The van der Waals surface area contributed by atoms with E-state index in [0.717, 1.165) is 17.7 Å². The maximum absolute atomic E-state index is 13.7. The molecule has 0 radical (unpaired) electrons.